The second-order valence-corrected chi connectivity index (χ2v) is 7.05. The number of nitrogens with zero attached hydrogens (tertiary/aromatic N) is 1. The standard InChI is InChI=1S/C17H23NO4S/c1-3-22-17(21)13-5-4-10-18(11-13)16(20)9-7-14(19)15-8-6-12(2)23-15/h6,8,13H,3-5,7,9-11H2,1-2H3. The molecule has 0 radical (unpaired) electrons. The van der Waals surface area contributed by atoms with Gasteiger partial charge in [0.15, 0.2) is 5.78 Å². The number of ketones is 1. The van der Waals surface area contributed by atoms with E-state index in [-0.39, 0.29) is 36.4 Å². The fourth-order valence-electron chi connectivity index (χ4n) is 2.74. The molecule has 2 heterocycles. The minimum absolute atomic E-state index is 0.00963. The molecule has 0 aliphatic carbocycles. The minimum Gasteiger partial charge on any atom is -0.466 e. The number of hydrogen-bond acceptors (Lipinski definition) is 5. The molecule has 1 aliphatic rings. The highest BCUT2D eigenvalue weighted by molar-refractivity contribution is 7.14. The summed E-state index contributed by atoms with van der Waals surface area (Å²) in [6.07, 6.45) is 1.98. The van der Waals surface area contributed by atoms with Gasteiger partial charge < -0.3 is 9.64 Å². The fourth-order valence-corrected chi connectivity index (χ4v) is 3.58. The molecule has 0 saturated carbocycles. The number of amides is 1. The summed E-state index contributed by atoms with van der Waals surface area (Å²) in [4.78, 5) is 39.7. The number of aryl methyl sites for hydroxylation is 1. The van der Waals surface area contributed by atoms with Crippen LogP contribution in [-0.4, -0.2) is 42.3 Å². The van der Waals surface area contributed by atoms with Crippen molar-refractivity contribution in [1.29, 1.82) is 0 Å². The Kier molecular flexibility index (Phi) is 6.33. The third kappa shape index (κ3) is 4.89. The summed E-state index contributed by atoms with van der Waals surface area (Å²) in [5.74, 6) is -0.505. The van der Waals surface area contributed by atoms with E-state index in [1.807, 2.05) is 19.1 Å². The van der Waals surface area contributed by atoms with E-state index in [2.05, 4.69) is 0 Å². The maximum absolute atomic E-state index is 12.3. The van der Waals surface area contributed by atoms with Gasteiger partial charge in [-0.15, -0.1) is 11.3 Å². The third-order valence-electron chi connectivity index (χ3n) is 3.98. The van der Waals surface area contributed by atoms with Crippen LogP contribution in [0.25, 0.3) is 0 Å². The molecular formula is C17H23NO4S. The Morgan fingerprint density at radius 3 is 2.74 bits per heavy atom. The molecule has 1 unspecified atom stereocenters. The first-order chi connectivity index (χ1) is 11.0. The number of rotatable bonds is 6. The number of carbonyl (C=O) groups excluding carboxylic acids is 3. The van der Waals surface area contributed by atoms with Gasteiger partial charge in [-0.2, -0.15) is 0 Å². The molecule has 0 bridgehead atoms. The summed E-state index contributed by atoms with van der Waals surface area (Å²) in [7, 11) is 0. The number of esters is 1. The van der Waals surface area contributed by atoms with Gasteiger partial charge in [-0.25, -0.2) is 0 Å². The Morgan fingerprint density at radius 2 is 2.09 bits per heavy atom. The van der Waals surface area contributed by atoms with Gasteiger partial charge in [0, 0.05) is 30.8 Å². The number of hydrogen-bond donors (Lipinski definition) is 0. The van der Waals surface area contributed by atoms with Crippen molar-refractivity contribution in [3.05, 3.63) is 21.9 Å². The highest BCUT2D eigenvalue weighted by Gasteiger charge is 2.29. The summed E-state index contributed by atoms with van der Waals surface area (Å²) in [6.45, 7) is 5.15. The lowest BCUT2D eigenvalue weighted by molar-refractivity contribution is -0.151. The molecule has 0 spiro atoms. The molecule has 1 aliphatic heterocycles. The SMILES string of the molecule is CCOC(=O)C1CCCN(C(=O)CCC(=O)c2ccc(C)s2)C1. The van der Waals surface area contributed by atoms with Crippen molar-refractivity contribution in [1.82, 2.24) is 4.90 Å². The monoisotopic (exact) mass is 337 g/mol. The molecule has 1 aromatic rings. The maximum atomic E-state index is 12.3. The molecule has 1 atom stereocenters. The van der Waals surface area contributed by atoms with E-state index >= 15 is 0 Å². The van der Waals surface area contributed by atoms with Crippen LogP contribution < -0.4 is 0 Å². The van der Waals surface area contributed by atoms with Gasteiger partial charge in [0.05, 0.1) is 17.4 Å². The van der Waals surface area contributed by atoms with Crippen molar-refractivity contribution >= 4 is 29.0 Å². The second kappa shape index (κ2) is 8.24. The van der Waals surface area contributed by atoms with Crippen LogP contribution in [0.15, 0.2) is 12.1 Å². The number of piperidine rings is 1. The van der Waals surface area contributed by atoms with Crippen LogP contribution in [0, 0.1) is 12.8 Å². The average molecular weight is 337 g/mol. The summed E-state index contributed by atoms with van der Waals surface area (Å²) in [5.41, 5.74) is 0. The van der Waals surface area contributed by atoms with Crippen molar-refractivity contribution in [2.24, 2.45) is 5.92 Å². The number of Topliss-reactive ketones (excluding diaryl/α,β-unsaturated/α-hetero) is 1. The first-order valence-corrected chi connectivity index (χ1v) is 8.87. The Balaban J connectivity index is 1.83. The largest absolute Gasteiger partial charge is 0.466 e. The Hall–Kier alpha value is -1.69. The van der Waals surface area contributed by atoms with Gasteiger partial charge in [0.1, 0.15) is 0 Å². The lowest BCUT2D eigenvalue weighted by Gasteiger charge is -2.31. The predicted octanol–water partition coefficient (Wildman–Crippen LogP) is 2.82. The van der Waals surface area contributed by atoms with E-state index in [4.69, 9.17) is 4.74 Å². The van der Waals surface area contributed by atoms with E-state index in [9.17, 15) is 14.4 Å². The minimum atomic E-state index is -0.233. The number of thiophene rings is 1. The van der Waals surface area contributed by atoms with Gasteiger partial charge >= 0.3 is 5.97 Å². The van der Waals surface area contributed by atoms with Crippen molar-refractivity contribution in [2.75, 3.05) is 19.7 Å². The maximum Gasteiger partial charge on any atom is 0.310 e. The molecule has 1 fully saturated rings. The lowest BCUT2D eigenvalue weighted by Crippen LogP contribution is -2.42. The smallest absolute Gasteiger partial charge is 0.310 e. The lowest BCUT2D eigenvalue weighted by atomic mass is 9.97. The van der Waals surface area contributed by atoms with Gasteiger partial charge in [-0.05, 0) is 38.8 Å². The zero-order chi connectivity index (χ0) is 16.8. The highest BCUT2D eigenvalue weighted by atomic mass is 32.1. The summed E-state index contributed by atoms with van der Waals surface area (Å²) < 4.78 is 5.04. The first kappa shape index (κ1) is 17.7. The molecule has 1 amide bonds. The molecule has 23 heavy (non-hydrogen) atoms. The van der Waals surface area contributed by atoms with Crippen LogP contribution in [0.1, 0.15) is 47.2 Å². The van der Waals surface area contributed by atoms with Crippen molar-refractivity contribution < 1.29 is 19.1 Å². The fraction of sp³-hybridized carbons (Fsp3) is 0.588. The first-order valence-electron chi connectivity index (χ1n) is 8.05. The van der Waals surface area contributed by atoms with Crippen LogP contribution in [0.5, 0.6) is 0 Å². The Morgan fingerprint density at radius 1 is 1.30 bits per heavy atom. The van der Waals surface area contributed by atoms with E-state index in [0.29, 0.717) is 24.6 Å². The average Bonchev–Trinajstić information content (AvgIpc) is 2.99. The zero-order valence-corrected chi connectivity index (χ0v) is 14.5. The van der Waals surface area contributed by atoms with E-state index in [0.717, 1.165) is 17.7 Å². The molecular weight excluding hydrogens is 314 g/mol. The molecule has 5 nitrogen and oxygen atoms in total. The van der Waals surface area contributed by atoms with Gasteiger partial charge in [-0.3, -0.25) is 14.4 Å². The molecule has 0 aromatic carbocycles. The van der Waals surface area contributed by atoms with E-state index in [1.54, 1.807) is 11.8 Å². The van der Waals surface area contributed by atoms with Crippen molar-refractivity contribution in [3.8, 4) is 0 Å². The second-order valence-electron chi connectivity index (χ2n) is 5.76. The number of carbonyl (C=O) groups is 3. The number of likely N-dealkylation sites (tertiary alicyclic amines) is 1. The van der Waals surface area contributed by atoms with Gasteiger partial charge in [-0.1, -0.05) is 0 Å². The number of ether oxygens (including phenoxy) is 1. The Labute approximate surface area is 140 Å². The normalized spacial score (nSPS) is 17.8. The molecule has 1 saturated heterocycles. The highest BCUT2D eigenvalue weighted by Crippen LogP contribution is 2.21. The topological polar surface area (TPSA) is 63.7 Å². The van der Waals surface area contributed by atoms with Crippen LogP contribution in [0.3, 0.4) is 0 Å². The third-order valence-corrected chi connectivity index (χ3v) is 5.02. The van der Waals surface area contributed by atoms with Crippen LogP contribution in [0.4, 0.5) is 0 Å². The van der Waals surface area contributed by atoms with Gasteiger partial charge in [0.2, 0.25) is 5.91 Å². The molecule has 6 heteroatoms. The van der Waals surface area contributed by atoms with Crippen LogP contribution >= 0.6 is 11.3 Å². The van der Waals surface area contributed by atoms with E-state index in [1.165, 1.54) is 11.3 Å². The van der Waals surface area contributed by atoms with E-state index < -0.39 is 0 Å². The van der Waals surface area contributed by atoms with Crippen molar-refractivity contribution in [3.63, 3.8) is 0 Å². The zero-order valence-electron chi connectivity index (χ0n) is 13.7. The molecule has 0 N–H and O–H groups in total. The van der Waals surface area contributed by atoms with Crippen molar-refractivity contribution in [2.45, 2.75) is 39.5 Å². The molecule has 2 rings (SSSR count). The summed E-state index contributed by atoms with van der Waals surface area (Å²) in [6, 6.07) is 3.72. The quantitative estimate of drug-likeness (QED) is 0.591. The van der Waals surface area contributed by atoms with Gasteiger partial charge in [0.25, 0.3) is 0 Å². The van der Waals surface area contributed by atoms with Crippen LogP contribution in [-0.2, 0) is 14.3 Å². The molecule has 1 aromatic heterocycles. The summed E-state index contributed by atoms with van der Waals surface area (Å²) >= 11 is 1.46. The Bertz CT molecular complexity index is 581. The molecule has 126 valence electrons. The summed E-state index contributed by atoms with van der Waals surface area (Å²) in [5, 5.41) is 0. The van der Waals surface area contributed by atoms with Crippen LogP contribution in [0.2, 0.25) is 0 Å². The predicted molar refractivity (Wildman–Crippen MR) is 88.6 cm³/mol.